The van der Waals surface area contributed by atoms with E-state index in [0.717, 1.165) is 5.69 Å². The molecule has 0 aromatic heterocycles. The van der Waals surface area contributed by atoms with Crippen LogP contribution in [0.5, 0.6) is 0 Å². The molecule has 0 aliphatic rings. The highest BCUT2D eigenvalue weighted by atomic mass is 16.1. The third kappa shape index (κ3) is 3.64. The Kier molecular flexibility index (Phi) is 4.28. The van der Waals surface area contributed by atoms with Crippen molar-refractivity contribution >= 4 is 23.5 Å². The molecular weight excluding hydrogens is 216 g/mol. The number of aliphatic imine (C=N–C) groups is 1. The smallest absolute Gasteiger partial charge is 0.211 e. The molecule has 1 aromatic rings. The number of carbonyl (C=O) groups is 1. The molecular formula is C12H16N4O. The molecule has 90 valence electrons. The van der Waals surface area contributed by atoms with E-state index in [2.05, 4.69) is 10.3 Å². The molecule has 0 unspecified atom stereocenters. The fourth-order valence-electron chi connectivity index (χ4n) is 1.36. The van der Waals surface area contributed by atoms with Crippen molar-refractivity contribution in [1.29, 1.82) is 0 Å². The van der Waals surface area contributed by atoms with E-state index in [1.807, 2.05) is 0 Å². The Bertz CT molecular complexity index is 456. The van der Waals surface area contributed by atoms with Crippen LogP contribution in [0.4, 0.5) is 11.4 Å². The van der Waals surface area contributed by atoms with Crippen LogP contribution in [-0.4, -0.2) is 12.1 Å². The number of benzene rings is 1. The highest BCUT2D eigenvalue weighted by Gasteiger charge is 2.03. The van der Waals surface area contributed by atoms with Crippen LogP contribution in [0.3, 0.4) is 0 Å². The van der Waals surface area contributed by atoms with E-state index in [1.54, 1.807) is 38.1 Å². The summed E-state index contributed by atoms with van der Waals surface area (Å²) in [5, 5.41) is 2.53. The van der Waals surface area contributed by atoms with Gasteiger partial charge in [0.2, 0.25) is 6.41 Å². The average Bonchev–Trinajstić information content (AvgIpc) is 2.28. The molecule has 0 atom stereocenters. The zero-order valence-electron chi connectivity index (χ0n) is 9.90. The third-order valence-corrected chi connectivity index (χ3v) is 2.15. The maximum absolute atomic E-state index is 10.4. The standard InChI is InChI=1S/C12H16N4O/c1-8(13)12(15-7-17)9(2)16-11-5-3-10(14)4-6-11/h3-7H,13-14H2,1-2H3,(H,15,17). The lowest BCUT2D eigenvalue weighted by atomic mass is 10.2. The highest BCUT2D eigenvalue weighted by Crippen LogP contribution is 2.15. The first-order valence-electron chi connectivity index (χ1n) is 5.12. The Morgan fingerprint density at radius 1 is 1.29 bits per heavy atom. The molecule has 0 aliphatic carbocycles. The molecule has 5 nitrogen and oxygen atoms in total. The van der Waals surface area contributed by atoms with Crippen molar-refractivity contribution in [2.24, 2.45) is 10.7 Å². The summed E-state index contributed by atoms with van der Waals surface area (Å²) in [6.45, 7) is 3.48. The molecule has 0 saturated heterocycles. The van der Waals surface area contributed by atoms with Crippen molar-refractivity contribution in [3.8, 4) is 0 Å². The molecule has 0 radical (unpaired) electrons. The molecule has 0 saturated carbocycles. The van der Waals surface area contributed by atoms with E-state index < -0.39 is 0 Å². The molecule has 17 heavy (non-hydrogen) atoms. The van der Waals surface area contributed by atoms with Crippen LogP contribution < -0.4 is 16.8 Å². The first-order chi connectivity index (χ1) is 8.04. The second-order valence-corrected chi connectivity index (χ2v) is 3.61. The number of nitrogens with two attached hydrogens (primary N) is 2. The number of nitrogens with one attached hydrogen (secondary N) is 1. The summed E-state index contributed by atoms with van der Waals surface area (Å²) in [6.07, 6.45) is 0.577. The minimum Gasteiger partial charge on any atom is -0.401 e. The fraction of sp³-hybridized carbons (Fsp3) is 0.167. The zero-order chi connectivity index (χ0) is 12.8. The average molecular weight is 232 g/mol. The SMILES string of the molecule is CC(=Nc1ccc(N)cc1)C(NC=O)=C(C)N. The lowest BCUT2D eigenvalue weighted by Gasteiger charge is -2.07. The van der Waals surface area contributed by atoms with Gasteiger partial charge >= 0.3 is 0 Å². The van der Waals surface area contributed by atoms with Crippen LogP contribution >= 0.6 is 0 Å². The second-order valence-electron chi connectivity index (χ2n) is 3.61. The van der Waals surface area contributed by atoms with Crippen molar-refractivity contribution in [1.82, 2.24) is 5.32 Å². The molecule has 5 heteroatoms. The Labute approximate surface area is 100 Å². The third-order valence-electron chi connectivity index (χ3n) is 2.15. The Morgan fingerprint density at radius 2 is 1.88 bits per heavy atom. The molecule has 0 bridgehead atoms. The molecule has 0 aliphatic heterocycles. The van der Waals surface area contributed by atoms with E-state index >= 15 is 0 Å². The van der Waals surface area contributed by atoms with Gasteiger partial charge in [0.15, 0.2) is 0 Å². The summed E-state index contributed by atoms with van der Waals surface area (Å²) in [7, 11) is 0. The van der Waals surface area contributed by atoms with Crippen LogP contribution in [-0.2, 0) is 4.79 Å². The number of allylic oxidation sites excluding steroid dienone is 2. The maximum Gasteiger partial charge on any atom is 0.211 e. The second kappa shape index (κ2) is 5.69. The van der Waals surface area contributed by atoms with E-state index in [1.165, 1.54) is 0 Å². The number of nitrogens with zero attached hydrogens (tertiary/aromatic N) is 1. The van der Waals surface area contributed by atoms with Gasteiger partial charge in [-0.2, -0.15) is 0 Å². The largest absolute Gasteiger partial charge is 0.401 e. The molecule has 0 fully saturated rings. The summed E-state index contributed by atoms with van der Waals surface area (Å²) in [6, 6.07) is 7.11. The number of hydrogen-bond donors (Lipinski definition) is 3. The first kappa shape index (κ1) is 12.8. The van der Waals surface area contributed by atoms with E-state index in [-0.39, 0.29) is 0 Å². The van der Waals surface area contributed by atoms with Crippen molar-refractivity contribution < 1.29 is 4.79 Å². The Balaban J connectivity index is 3.02. The van der Waals surface area contributed by atoms with Gasteiger partial charge in [-0.15, -0.1) is 0 Å². The summed E-state index contributed by atoms with van der Waals surface area (Å²) >= 11 is 0. The van der Waals surface area contributed by atoms with Crippen molar-refractivity contribution in [3.05, 3.63) is 35.7 Å². The van der Waals surface area contributed by atoms with Crippen LogP contribution in [0, 0.1) is 0 Å². The zero-order valence-corrected chi connectivity index (χ0v) is 9.90. The van der Waals surface area contributed by atoms with Gasteiger partial charge in [-0.3, -0.25) is 9.79 Å². The molecule has 0 heterocycles. The summed E-state index contributed by atoms with van der Waals surface area (Å²) in [5.74, 6) is 0. The first-order valence-corrected chi connectivity index (χ1v) is 5.12. The lowest BCUT2D eigenvalue weighted by molar-refractivity contribution is -0.108. The topological polar surface area (TPSA) is 93.5 Å². The fourth-order valence-corrected chi connectivity index (χ4v) is 1.36. The Hall–Kier alpha value is -2.30. The number of amides is 1. The van der Waals surface area contributed by atoms with Crippen molar-refractivity contribution in [2.45, 2.75) is 13.8 Å². The van der Waals surface area contributed by atoms with Gasteiger partial charge in [0.05, 0.1) is 17.1 Å². The summed E-state index contributed by atoms with van der Waals surface area (Å²) in [5.41, 5.74) is 14.3. The maximum atomic E-state index is 10.4. The van der Waals surface area contributed by atoms with E-state index in [0.29, 0.717) is 29.2 Å². The van der Waals surface area contributed by atoms with Crippen LogP contribution in [0.2, 0.25) is 0 Å². The van der Waals surface area contributed by atoms with Crippen LogP contribution in [0.25, 0.3) is 0 Å². The molecule has 0 spiro atoms. The van der Waals surface area contributed by atoms with E-state index in [9.17, 15) is 4.79 Å². The molecule has 1 amide bonds. The quantitative estimate of drug-likeness (QED) is 0.415. The van der Waals surface area contributed by atoms with Crippen molar-refractivity contribution in [3.63, 3.8) is 0 Å². The monoisotopic (exact) mass is 232 g/mol. The number of rotatable bonds is 4. The van der Waals surface area contributed by atoms with Gasteiger partial charge in [0.25, 0.3) is 0 Å². The number of carbonyl (C=O) groups excluding carboxylic acids is 1. The minimum atomic E-state index is 0.508. The normalized spacial score (nSPS) is 12.9. The number of hydrogen-bond acceptors (Lipinski definition) is 4. The van der Waals surface area contributed by atoms with E-state index in [4.69, 9.17) is 11.5 Å². The van der Waals surface area contributed by atoms with Crippen molar-refractivity contribution in [2.75, 3.05) is 5.73 Å². The summed E-state index contributed by atoms with van der Waals surface area (Å²) in [4.78, 5) is 14.8. The van der Waals surface area contributed by atoms with Gasteiger partial charge in [0, 0.05) is 11.4 Å². The summed E-state index contributed by atoms with van der Waals surface area (Å²) < 4.78 is 0. The number of nitrogen functional groups attached to an aromatic ring is 1. The van der Waals surface area contributed by atoms with Crippen LogP contribution in [0.1, 0.15) is 13.8 Å². The highest BCUT2D eigenvalue weighted by molar-refractivity contribution is 6.01. The van der Waals surface area contributed by atoms with Gasteiger partial charge in [-0.1, -0.05) is 0 Å². The van der Waals surface area contributed by atoms with Gasteiger partial charge in [-0.05, 0) is 38.1 Å². The lowest BCUT2D eigenvalue weighted by Crippen LogP contribution is -2.21. The predicted molar refractivity (Wildman–Crippen MR) is 69.7 cm³/mol. The molecule has 5 N–H and O–H groups in total. The number of anilines is 1. The van der Waals surface area contributed by atoms with Gasteiger partial charge in [-0.25, -0.2) is 0 Å². The predicted octanol–water partition coefficient (Wildman–Crippen LogP) is 1.30. The van der Waals surface area contributed by atoms with Gasteiger partial charge < -0.3 is 16.8 Å². The Morgan fingerprint density at radius 3 is 2.35 bits per heavy atom. The van der Waals surface area contributed by atoms with Gasteiger partial charge in [0.1, 0.15) is 0 Å². The minimum absolute atomic E-state index is 0.508. The molecule has 1 rings (SSSR count). The van der Waals surface area contributed by atoms with Crippen LogP contribution in [0.15, 0.2) is 40.7 Å². The molecule has 1 aromatic carbocycles.